The van der Waals surface area contributed by atoms with Crippen molar-refractivity contribution in [1.29, 1.82) is 0 Å². The summed E-state index contributed by atoms with van der Waals surface area (Å²) < 4.78 is 14.6. The zero-order chi connectivity index (χ0) is 29.4. The van der Waals surface area contributed by atoms with Crippen LogP contribution in [0.4, 0.5) is 0 Å². The Bertz CT molecular complexity index is 1110. The molecule has 3 nitrogen and oxygen atoms in total. The van der Waals surface area contributed by atoms with E-state index in [1.165, 1.54) is 35.3 Å². The second-order valence-corrected chi connectivity index (χ2v) is 24.3. The summed E-state index contributed by atoms with van der Waals surface area (Å²) in [5, 5.41) is 2.90. The molecule has 2 saturated heterocycles. The van der Waals surface area contributed by atoms with E-state index in [1.807, 2.05) is 0 Å². The van der Waals surface area contributed by atoms with Gasteiger partial charge in [0.2, 0.25) is 0 Å². The van der Waals surface area contributed by atoms with Crippen molar-refractivity contribution in [2.45, 2.75) is 109 Å². The Morgan fingerprint density at radius 1 is 0.925 bits per heavy atom. The summed E-state index contributed by atoms with van der Waals surface area (Å²) in [6.07, 6.45) is 6.09. The summed E-state index contributed by atoms with van der Waals surface area (Å²) in [6, 6.07) is 22.5. The van der Waals surface area contributed by atoms with E-state index in [2.05, 4.69) is 140 Å². The standard InChI is InChI=1S/C35H55NO2Si2/c1-28(24-29-25-35(8,32-22-17-23-36(32)26-29)38-39(9,10)33(2,3)4)27-37-40(34(5,6)7,30-18-13-11-14-19-30)31-20-15-12-16-21-31/h11-16,18-21,24,28,32H,17,22-23,25-27H2,1-10H3/b29-24-/t28-,32-,35-/m0/s1. The Morgan fingerprint density at radius 3 is 1.98 bits per heavy atom. The van der Waals surface area contributed by atoms with Crippen molar-refractivity contribution in [2.24, 2.45) is 5.92 Å². The van der Waals surface area contributed by atoms with E-state index in [0.717, 1.165) is 19.6 Å². The van der Waals surface area contributed by atoms with Gasteiger partial charge >= 0.3 is 0 Å². The third kappa shape index (κ3) is 6.29. The molecule has 4 rings (SSSR count). The van der Waals surface area contributed by atoms with Gasteiger partial charge in [0.05, 0.1) is 5.60 Å². The van der Waals surface area contributed by atoms with Crippen molar-refractivity contribution < 1.29 is 8.85 Å². The van der Waals surface area contributed by atoms with Gasteiger partial charge in [0.1, 0.15) is 0 Å². The minimum atomic E-state index is -2.54. The number of fused-ring (bicyclic) bond motifs is 1. The minimum absolute atomic E-state index is 0.00818. The van der Waals surface area contributed by atoms with Gasteiger partial charge in [0.15, 0.2) is 8.32 Å². The quantitative estimate of drug-likeness (QED) is 0.236. The van der Waals surface area contributed by atoms with E-state index in [0.29, 0.717) is 12.0 Å². The fourth-order valence-electron chi connectivity index (χ4n) is 7.01. The molecule has 0 N–H and O–H groups in total. The van der Waals surface area contributed by atoms with Crippen LogP contribution in [-0.4, -0.2) is 52.9 Å². The van der Waals surface area contributed by atoms with Crippen molar-refractivity contribution in [3.05, 3.63) is 72.3 Å². The SMILES string of the molecule is C[C@@H](/C=C1\CN2CCC[C@H]2[C@@](C)(O[Si](C)(C)C(C)(C)C)C1)CO[Si](c1ccccc1)(c1ccccc1)C(C)(C)C. The maximum absolute atomic E-state index is 7.29. The molecule has 2 aromatic rings. The Balaban J connectivity index is 1.61. The molecule has 0 spiro atoms. The van der Waals surface area contributed by atoms with Gasteiger partial charge < -0.3 is 8.85 Å². The first kappa shape index (κ1) is 31.4. The Morgan fingerprint density at radius 2 is 1.48 bits per heavy atom. The van der Waals surface area contributed by atoms with Crippen molar-refractivity contribution in [1.82, 2.24) is 4.90 Å². The van der Waals surface area contributed by atoms with Crippen LogP contribution < -0.4 is 10.4 Å². The molecule has 220 valence electrons. The molecule has 0 aromatic heterocycles. The van der Waals surface area contributed by atoms with Gasteiger partial charge in [-0.25, -0.2) is 0 Å². The Hall–Kier alpha value is -1.51. The second kappa shape index (κ2) is 11.6. The van der Waals surface area contributed by atoms with Gasteiger partial charge in [-0.2, -0.15) is 0 Å². The third-order valence-electron chi connectivity index (χ3n) is 9.85. The van der Waals surface area contributed by atoms with Crippen LogP contribution >= 0.6 is 0 Å². The lowest BCUT2D eigenvalue weighted by Crippen LogP contribution is -2.66. The van der Waals surface area contributed by atoms with Crippen LogP contribution in [0.5, 0.6) is 0 Å². The number of hydrogen-bond donors (Lipinski definition) is 0. The molecule has 2 aliphatic rings. The number of nitrogens with zero attached hydrogens (tertiary/aromatic N) is 1. The first-order chi connectivity index (χ1) is 18.6. The molecule has 5 heteroatoms. The Labute approximate surface area is 247 Å². The van der Waals surface area contributed by atoms with Crippen molar-refractivity contribution in [2.75, 3.05) is 19.7 Å². The molecule has 0 unspecified atom stereocenters. The molecular formula is C35H55NO2Si2. The van der Waals surface area contributed by atoms with Gasteiger partial charge in [0.25, 0.3) is 8.32 Å². The van der Waals surface area contributed by atoms with E-state index in [-0.39, 0.29) is 15.7 Å². The topological polar surface area (TPSA) is 21.7 Å². The van der Waals surface area contributed by atoms with Crippen molar-refractivity contribution in [3.8, 4) is 0 Å². The van der Waals surface area contributed by atoms with Crippen LogP contribution in [0.15, 0.2) is 72.3 Å². The largest absolute Gasteiger partial charge is 0.410 e. The molecule has 0 saturated carbocycles. The fourth-order valence-corrected chi connectivity index (χ4v) is 13.4. The van der Waals surface area contributed by atoms with Crippen LogP contribution in [0.1, 0.15) is 74.7 Å². The van der Waals surface area contributed by atoms with E-state index >= 15 is 0 Å². The molecule has 2 aromatic carbocycles. The molecule has 0 amide bonds. The van der Waals surface area contributed by atoms with Gasteiger partial charge in [-0.15, -0.1) is 0 Å². The van der Waals surface area contributed by atoms with Crippen molar-refractivity contribution in [3.63, 3.8) is 0 Å². The molecule has 0 bridgehead atoms. The van der Waals surface area contributed by atoms with Gasteiger partial charge in [-0.1, -0.05) is 121 Å². The summed E-state index contributed by atoms with van der Waals surface area (Å²) in [5.41, 5.74) is 1.40. The molecular weight excluding hydrogens is 523 g/mol. The highest BCUT2D eigenvalue weighted by molar-refractivity contribution is 6.99. The highest BCUT2D eigenvalue weighted by atomic mass is 28.4. The highest BCUT2D eigenvalue weighted by Crippen LogP contribution is 2.46. The third-order valence-corrected chi connectivity index (χ3v) is 19.4. The molecule has 2 fully saturated rings. The van der Waals surface area contributed by atoms with Crippen LogP contribution in [0.3, 0.4) is 0 Å². The number of piperidine rings is 1. The number of hydrogen-bond acceptors (Lipinski definition) is 3. The predicted molar refractivity (Wildman–Crippen MR) is 177 cm³/mol. The van der Waals surface area contributed by atoms with Crippen LogP contribution in [0.2, 0.25) is 23.2 Å². The predicted octanol–water partition coefficient (Wildman–Crippen LogP) is 7.77. The summed E-state index contributed by atoms with van der Waals surface area (Å²) in [6.45, 7) is 26.7. The van der Waals surface area contributed by atoms with Gasteiger partial charge in [-0.3, -0.25) is 4.90 Å². The van der Waals surface area contributed by atoms with Crippen LogP contribution in [-0.2, 0) is 8.85 Å². The first-order valence-corrected chi connectivity index (χ1v) is 20.3. The van der Waals surface area contributed by atoms with Gasteiger partial charge in [-0.05, 0) is 72.2 Å². The van der Waals surface area contributed by atoms with E-state index in [9.17, 15) is 0 Å². The normalized spacial score (nSPS) is 24.8. The average molecular weight is 578 g/mol. The van der Waals surface area contributed by atoms with E-state index in [4.69, 9.17) is 8.85 Å². The number of rotatable bonds is 8. The zero-order valence-electron chi connectivity index (χ0n) is 27.0. The molecule has 2 heterocycles. The Kier molecular flexibility index (Phi) is 9.15. The molecule has 2 aliphatic heterocycles. The monoisotopic (exact) mass is 577 g/mol. The maximum atomic E-state index is 7.29. The zero-order valence-corrected chi connectivity index (χ0v) is 29.0. The maximum Gasteiger partial charge on any atom is 0.261 e. The van der Waals surface area contributed by atoms with E-state index in [1.54, 1.807) is 0 Å². The van der Waals surface area contributed by atoms with Crippen molar-refractivity contribution >= 4 is 27.0 Å². The lowest BCUT2D eigenvalue weighted by atomic mass is 9.83. The first-order valence-electron chi connectivity index (χ1n) is 15.5. The molecule has 0 aliphatic carbocycles. The lowest BCUT2D eigenvalue weighted by Gasteiger charge is -2.52. The minimum Gasteiger partial charge on any atom is -0.410 e. The summed E-state index contributed by atoms with van der Waals surface area (Å²) >= 11 is 0. The van der Waals surface area contributed by atoms with Crippen LogP contribution in [0.25, 0.3) is 0 Å². The fraction of sp³-hybridized carbons (Fsp3) is 0.600. The van der Waals surface area contributed by atoms with Gasteiger partial charge in [0, 0.05) is 19.2 Å². The molecule has 40 heavy (non-hydrogen) atoms. The number of benzene rings is 2. The second-order valence-electron chi connectivity index (χ2n) is 15.3. The lowest BCUT2D eigenvalue weighted by molar-refractivity contribution is -0.0221. The average Bonchev–Trinajstić information content (AvgIpc) is 3.34. The smallest absolute Gasteiger partial charge is 0.261 e. The van der Waals surface area contributed by atoms with E-state index < -0.39 is 16.6 Å². The molecule has 3 atom stereocenters. The summed E-state index contributed by atoms with van der Waals surface area (Å²) in [7, 11) is -4.44. The highest BCUT2D eigenvalue weighted by Gasteiger charge is 2.52. The summed E-state index contributed by atoms with van der Waals surface area (Å²) in [5.74, 6) is 0.327. The molecule has 0 radical (unpaired) electrons. The summed E-state index contributed by atoms with van der Waals surface area (Å²) in [4.78, 5) is 2.71. The van der Waals surface area contributed by atoms with Crippen LogP contribution in [0, 0.1) is 5.92 Å².